The van der Waals surface area contributed by atoms with Crippen molar-refractivity contribution in [3.63, 3.8) is 0 Å². The van der Waals surface area contributed by atoms with Gasteiger partial charge in [-0.1, -0.05) is 29.3 Å². The second kappa shape index (κ2) is 7.21. The molecule has 0 saturated carbocycles. The summed E-state index contributed by atoms with van der Waals surface area (Å²) in [6, 6.07) is 5.19. The van der Waals surface area contributed by atoms with Crippen LogP contribution in [0.2, 0.25) is 10.0 Å². The standard InChI is InChI=1S/C8H7Cl2N3S.HI/c9-6-2-1-3-7(10)5(6)4-12-13-8(11)14;/h1-4H,(H3,11,13,14);1H/b12-4+;. The zero-order valence-corrected chi connectivity index (χ0v) is 12.1. The highest BCUT2D eigenvalue weighted by atomic mass is 127. The van der Waals surface area contributed by atoms with E-state index in [0.717, 1.165) is 0 Å². The monoisotopic (exact) mass is 375 g/mol. The minimum absolute atomic E-state index is 0. The third-order valence-electron chi connectivity index (χ3n) is 1.37. The Balaban J connectivity index is 0.00000196. The van der Waals surface area contributed by atoms with Gasteiger partial charge in [0.1, 0.15) is 0 Å². The molecule has 82 valence electrons. The molecule has 15 heavy (non-hydrogen) atoms. The summed E-state index contributed by atoms with van der Waals surface area (Å²) in [5.41, 5.74) is 8.21. The molecule has 0 aliphatic carbocycles. The Morgan fingerprint density at radius 2 is 1.93 bits per heavy atom. The van der Waals surface area contributed by atoms with Crippen LogP contribution in [0.15, 0.2) is 23.3 Å². The summed E-state index contributed by atoms with van der Waals surface area (Å²) < 4.78 is 0. The molecule has 0 aromatic heterocycles. The number of hydrogen-bond donors (Lipinski definition) is 2. The summed E-state index contributed by atoms with van der Waals surface area (Å²) in [4.78, 5) is 0. The molecule has 0 aliphatic rings. The van der Waals surface area contributed by atoms with Crippen LogP contribution < -0.4 is 11.2 Å². The van der Waals surface area contributed by atoms with E-state index in [0.29, 0.717) is 15.6 Å². The van der Waals surface area contributed by atoms with Crippen molar-refractivity contribution in [3.8, 4) is 0 Å². The maximum absolute atomic E-state index is 5.88. The van der Waals surface area contributed by atoms with Crippen LogP contribution in [0.1, 0.15) is 5.56 Å². The van der Waals surface area contributed by atoms with Gasteiger partial charge in [-0.25, -0.2) is 0 Å². The molecule has 1 aromatic carbocycles. The Kier molecular flexibility index (Phi) is 7.16. The summed E-state index contributed by atoms with van der Waals surface area (Å²) in [7, 11) is 0. The first kappa shape index (κ1) is 14.9. The van der Waals surface area contributed by atoms with Crippen molar-refractivity contribution in [3.05, 3.63) is 33.8 Å². The van der Waals surface area contributed by atoms with Gasteiger partial charge in [0, 0.05) is 5.56 Å². The second-order valence-electron chi connectivity index (χ2n) is 2.37. The predicted octanol–water partition coefficient (Wildman–Crippen LogP) is 2.78. The van der Waals surface area contributed by atoms with Crippen molar-refractivity contribution < 1.29 is 0 Å². The van der Waals surface area contributed by atoms with Crippen LogP contribution in [0.25, 0.3) is 0 Å². The summed E-state index contributed by atoms with van der Waals surface area (Å²) >= 11 is 16.3. The molecule has 1 rings (SSSR count). The highest BCUT2D eigenvalue weighted by Gasteiger charge is 2.01. The number of rotatable bonds is 2. The van der Waals surface area contributed by atoms with Gasteiger partial charge in [-0.3, -0.25) is 5.43 Å². The number of benzene rings is 1. The molecule has 0 spiro atoms. The Hall–Kier alpha value is -0.110. The van der Waals surface area contributed by atoms with E-state index in [1.807, 2.05) is 0 Å². The van der Waals surface area contributed by atoms with E-state index < -0.39 is 0 Å². The topological polar surface area (TPSA) is 50.4 Å². The van der Waals surface area contributed by atoms with Gasteiger partial charge in [-0.15, -0.1) is 24.0 Å². The molecule has 0 amide bonds. The molecule has 0 heterocycles. The van der Waals surface area contributed by atoms with Gasteiger partial charge in [-0.2, -0.15) is 5.10 Å². The number of nitrogens with one attached hydrogen (secondary N) is 1. The molecule has 0 unspecified atom stereocenters. The van der Waals surface area contributed by atoms with E-state index >= 15 is 0 Å². The second-order valence-corrected chi connectivity index (χ2v) is 3.62. The molecule has 0 fully saturated rings. The highest BCUT2D eigenvalue weighted by Crippen LogP contribution is 2.21. The molecule has 0 bridgehead atoms. The number of halogens is 3. The lowest BCUT2D eigenvalue weighted by Crippen LogP contribution is -2.24. The van der Waals surface area contributed by atoms with Crippen LogP contribution in [0.5, 0.6) is 0 Å². The van der Waals surface area contributed by atoms with Gasteiger partial charge >= 0.3 is 0 Å². The first-order valence-corrected chi connectivity index (χ1v) is 4.80. The van der Waals surface area contributed by atoms with Crippen molar-refractivity contribution >= 4 is 70.7 Å². The first-order valence-electron chi connectivity index (χ1n) is 3.64. The summed E-state index contributed by atoms with van der Waals surface area (Å²) in [6.07, 6.45) is 1.46. The van der Waals surface area contributed by atoms with E-state index in [4.69, 9.17) is 28.9 Å². The van der Waals surface area contributed by atoms with Gasteiger partial charge in [0.15, 0.2) is 5.11 Å². The maximum atomic E-state index is 5.88. The van der Waals surface area contributed by atoms with Gasteiger partial charge < -0.3 is 5.73 Å². The molecule has 0 aliphatic heterocycles. The minimum atomic E-state index is 0. The van der Waals surface area contributed by atoms with E-state index in [-0.39, 0.29) is 29.1 Å². The largest absolute Gasteiger partial charge is 0.375 e. The third-order valence-corrected chi connectivity index (χ3v) is 2.12. The predicted molar refractivity (Wildman–Crippen MR) is 79.4 cm³/mol. The van der Waals surface area contributed by atoms with Crippen molar-refractivity contribution in [2.24, 2.45) is 10.8 Å². The SMILES string of the molecule is I.NC(=S)N/N=C/c1c(Cl)cccc1Cl. The molecule has 1 aromatic rings. The molecule has 0 radical (unpaired) electrons. The summed E-state index contributed by atoms with van der Waals surface area (Å²) in [5, 5.41) is 4.88. The number of nitrogens with two attached hydrogens (primary N) is 1. The molecule has 0 atom stereocenters. The number of hydrogen-bond acceptors (Lipinski definition) is 2. The van der Waals surface area contributed by atoms with Crippen LogP contribution in [0, 0.1) is 0 Å². The number of thiocarbonyl (C=S) groups is 1. The van der Waals surface area contributed by atoms with Gasteiger partial charge in [0.25, 0.3) is 0 Å². The Labute approximate surface area is 120 Å². The maximum Gasteiger partial charge on any atom is 0.184 e. The number of hydrazone groups is 1. The van der Waals surface area contributed by atoms with E-state index in [9.17, 15) is 0 Å². The average molecular weight is 376 g/mol. The zero-order chi connectivity index (χ0) is 10.6. The summed E-state index contributed by atoms with van der Waals surface area (Å²) in [5.74, 6) is 0. The molecular weight excluding hydrogens is 368 g/mol. The molecule has 0 saturated heterocycles. The van der Waals surface area contributed by atoms with Crippen LogP contribution in [-0.4, -0.2) is 11.3 Å². The zero-order valence-electron chi connectivity index (χ0n) is 7.41. The third kappa shape index (κ3) is 4.96. The van der Waals surface area contributed by atoms with Crippen LogP contribution >= 0.6 is 59.4 Å². The Bertz CT molecular complexity index is 364. The lowest BCUT2D eigenvalue weighted by atomic mass is 10.2. The Morgan fingerprint density at radius 1 is 1.40 bits per heavy atom. The van der Waals surface area contributed by atoms with E-state index in [1.165, 1.54) is 6.21 Å². The molecule has 3 N–H and O–H groups in total. The van der Waals surface area contributed by atoms with Gasteiger partial charge in [0.2, 0.25) is 0 Å². The summed E-state index contributed by atoms with van der Waals surface area (Å²) in [6.45, 7) is 0. The van der Waals surface area contributed by atoms with Gasteiger partial charge in [-0.05, 0) is 24.4 Å². The Morgan fingerprint density at radius 3 is 2.40 bits per heavy atom. The van der Waals surface area contributed by atoms with Crippen LogP contribution in [-0.2, 0) is 0 Å². The molecule has 7 heteroatoms. The first-order chi connectivity index (χ1) is 6.61. The van der Waals surface area contributed by atoms with E-state index in [1.54, 1.807) is 18.2 Å². The molecule has 3 nitrogen and oxygen atoms in total. The van der Waals surface area contributed by atoms with Crippen LogP contribution in [0.3, 0.4) is 0 Å². The van der Waals surface area contributed by atoms with Crippen molar-refractivity contribution in [2.75, 3.05) is 0 Å². The van der Waals surface area contributed by atoms with Crippen LogP contribution in [0.4, 0.5) is 0 Å². The quantitative estimate of drug-likeness (QED) is 0.361. The smallest absolute Gasteiger partial charge is 0.184 e. The van der Waals surface area contributed by atoms with E-state index in [2.05, 4.69) is 22.7 Å². The van der Waals surface area contributed by atoms with Crippen molar-refractivity contribution in [1.82, 2.24) is 5.43 Å². The van der Waals surface area contributed by atoms with Crippen molar-refractivity contribution in [1.29, 1.82) is 0 Å². The minimum Gasteiger partial charge on any atom is -0.375 e. The van der Waals surface area contributed by atoms with Gasteiger partial charge in [0.05, 0.1) is 16.3 Å². The fourth-order valence-electron chi connectivity index (χ4n) is 0.794. The normalized spacial score (nSPS) is 9.73. The number of nitrogens with zero attached hydrogens (tertiary/aromatic N) is 1. The molecular formula is C8H8Cl2IN3S. The fourth-order valence-corrected chi connectivity index (χ4v) is 1.34. The average Bonchev–Trinajstić information content (AvgIpc) is 2.09. The lowest BCUT2D eigenvalue weighted by molar-refractivity contribution is 1.04. The highest BCUT2D eigenvalue weighted by molar-refractivity contribution is 14.0. The lowest BCUT2D eigenvalue weighted by Gasteiger charge is -2.00. The van der Waals surface area contributed by atoms with Crippen molar-refractivity contribution in [2.45, 2.75) is 0 Å². The fraction of sp³-hybridized carbons (Fsp3) is 0.